The Morgan fingerprint density at radius 1 is 1.05 bits per heavy atom. The van der Waals surface area contributed by atoms with Gasteiger partial charge < -0.3 is 12.4 Å². The van der Waals surface area contributed by atoms with Crippen molar-refractivity contribution >= 4 is 0 Å². The zero-order chi connectivity index (χ0) is 12.3. The van der Waals surface area contributed by atoms with Crippen molar-refractivity contribution in [2.24, 2.45) is 5.41 Å². The van der Waals surface area contributed by atoms with Crippen molar-refractivity contribution in [3.8, 4) is 11.4 Å². The Hall–Kier alpha value is -0.722. The van der Waals surface area contributed by atoms with Crippen molar-refractivity contribution in [3.05, 3.63) is 55.2 Å². The third kappa shape index (κ3) is 5.84. The molecule has 0 aliphatic carbocycles. The molecule has 2 rings (SSSR count). The van der Waals surface area contributed by atoms with Crippen LogP contribution >= 0.6 is 0 Å². The molecule has 0 spiro atoms. The summed E-state index contributed by atoms with van der Waals surface area (Å²) in [6.45, 7) is 8.34. The number of nitrogens with zero attached hydrogens (tertiary/aromatic N) is 2. The minimum Gasteiger partial charge on any atom is -1.00 e. The van der Waals surface area contributed by atoms with E-state index in [1.165, 1.54) is 0 Å². The van der Waals surface area contributed by atoms with Gasteiger partial charge in [0.2, 0.25) is 0 Å². The van der Waals surface area contributed by atoms with Gasteiger partial charge in [0.15, 0.2) is 0 Å². The SMILES string of the molecule is [CH2]C(C)(C)Cc1cccc(-c2ccccn2)n1.[Cl-].[Pt]. The molecule has 0 saturated heterocycles. The van der Waals surface area contributed by atoms with Gasteiger partial charge in [-0.3, -0.25) is 9.97 Å². The number of pyridine rings is 2. The number of halogens is 1. The average Bonchev–Trinajstić information content (AvgIpc) is 2.28. The molecule has 19 heavy (non-hydrogen) atoms. The quantitative estimate of drug-likeness (QED) is 0.675. The van der Waals surface area contributed by atoms with Gasteiger partial charge in [0.05, 0.1) is 11.4 Å². The fourth-order valence-corrected chi connectivity index (χ4v) is 1.73. The van der Waals surface area contributed by atoms with Crippen LogP contribution in [-0.4, -0.2) is 9.97 Å². The second kappa shape index (κ2) is 7.77. The van der Waals surface area contributed by atoms with Gasteiger partial charge in [-0.25, -0.2) is 0 Å². The zero-order valence-electron chi connectivity index (χ0n) is 11.0. The van der Waals surface area contributed by atoms with E-state index in [9.17, 15) is 0 Å². The fraction of sp³-hybridized carbons (Fsp3) is 0.267. The minimum atomic E-state index is 0. The maximum atomic E-state index is 4.63. The van der Waals surface area contributed by atoms with Crippen LogP contribution in [0.4, 0.5) is 0 Å². The van der Waals surface area contributed by atoms with Gasteiger partial charge in [0, 0.05) is 33.0 Å². The van der Waals surface area contributed by atoms with Crippen LogP contribution in [0.25, 0.3) is 11.4 Å². The van der Waals surface area contributed by atoms with Crippen LogP contribution < -0.4 is 12.4 Å². The summed E-state index contributed by atoms with van der Waals surface area (Å²) in [7, 11) is 0. The number of hydrogen-bond donors (Lipinski definition) is 0. The molecular weight excluding hydrogens is 439 g/mol. The Labute approximate surface area is 135 Å². The molecule has 0 bridgehead atoms. The molecule has 105 valence electrons. The van der Waals surface area contributed by atoms with Gasteiger partial charge >= 0.3 is 0 Å². The van der Waals surface area contributed by atoms with E-state index in [0.717, 1.165) is 23.5 Å². The fourth-order valence-electron chi connectivity index (χ4n) is 1.73. The van der Waals surface area contributed by atoms with E-state index in [0.29, 0.717) is 0 Å². The molecule has 0 fully saturated rings. The maximum Gasteiger partial charge on any atom is 0.0889 e. The third-order valence-corrected chi connectivity index (χ3v) is 2.39. The first-order valence-corrected chi connectivity index (χ1v) is 5.77. The Morgan fingerprint density at radius 3 is 2.32 bits per heavy atom. The second-order valence-corrected chi connectivity index (χ2v) is 5.07. The molecule has 0 aliphatic heterocycles. The van der Waals surface area contributed by atoms with Crippen molar-refractivity contribution in [2.75, 3.05) is 0 Å². The molecule has 2 heterocycles. The summed E-state index contributed by atoms with van der Waals surface area (Å²) in [5, 5.41) is 0. The van der Waals surface area contributed by atoms with Crippen LogP contribution in [-0.2, 0) is 27.5 Å². The summed E-state index contributed by atoms with van der Waals surface area (Å²) in [5.41, 5.74) is 2.91. The van der Waals surface area contributed by atoms with Gasteiger partial charge in [0.1, 0.15) is 0 Å². The molecule has 1 radical (unpaired) electrons. The Bertz CT molecular complexity index is 495. The monoisotopic (exact) mass is 455 g/mol. The van der Waals surface area contributed by atoms with Crippen LogP contribution in [0.1, 0.15) is 19.5 Å². The Kier molecular flexibility index (Phi) is 7.47. The second-order valence-electron chi connectivity index (χ2n) is 5.07. The van der Waals surface area contributed by atoms with Crippen LogP contribution in [0, 0.1) is 12.3 Å². The third-order valence-electron chi connectivity index (χ3n) is 2.39. The summed E-state index contributed by atoms with van der Waals surface area (Å²) in [6, 6.07) is 11.9. The summed E-state index contributed by atoms with van der Waals surface area (Å²) < 4.78 is 0. The number of rotatable bonds is 3. The largest absolute Gasteiger partial charge is 1.00 e. The average molecular weight is 456 g/mol. The number of hydrogen-bond acceptors (Lipinski definition) is 2. The molecule has 0 saturated carbocycles. The smallest absolute Gasteiger partial charge is 0.0889 e. The topological polar surface area (TPSA) is 25.8 Å². The van der Waals surface area contributed by atoms with Gasteiger partial charge in [0.25, 0.3) is 0 Å². The molecule has 0 aromatic carbocycles. The van der Waals surface area contributed by atoms with E-state index in [1.54, 1.807) is 6.20 Å². The van der Waals surface area contributed by atoms with E-state index in [4.69, 9.17) is 0 Å². The van der Waals surface area contributed by atoms with Crippen LogP contribution in [0.2, 0.25) is 0 Å². The van der Waals surface area contributed by atoms with Crippen molar-refractivity contribution in [1.29, 1.82) is 0 Å². The first-order valence-electron chi connectivity index (χ1n) is 5.77. The van der Waals surface area contributed by atoms with Crippen molar-refractivity contribution in [2.45, 2.75) is 20.3 Å². The molecule has 2 aromatic rings. The van der Waals surface area contributed by atoms with Gasteiger partial charge in [-0.05, 0) is 43.0 Å². The first kappa shape index (κ1) is 18.3. The first-order chi connectivity index (χ1) is 8.04. The molecule has 2 nitrogen and oxygen atoms in total. The zero-order valence-corrected chi connectivity index (χ0v) is 14.1. The molecule has 0 amide bonds. The van der Waals surface area contributed by atoms with Gasteiger partial charge in [-0.15, -0.1) is 0 Å². The Balaban J connectivity index is 0.00000162. The van der Waals surface area contributed by atoms with Crippen molar-refractivity contribution < 1.29 is 33.5 Å². The van der Waals surface area contributed by atoms with Crippen LogP contribution in [0.15, 0.2) is 42.6 Å². The molecule has 0 N–H and O–H groups in total. The molecule has 0 aliphatic rings. The summed E-state index contributed by atoms with van der Waals surface area (Å²) in [6.07, 6.45) is 2.66. The van der Waals surface area contributed by atoms with Crippen molar-refractivity contribution in [3.63, 3.8) is 0 Å². The standard InChI is InChI=1S/C15H17N2.ClH.Pt/c1-15(2,3)11-12-7-6-9-14(17-12)13-8-4-5-10-16-13;;/h4-10H,1,11H2,2-3H3;1H;/p-1. The number of aromatic nitrogens is 2. The van der Waals surface area contributed by atoms with E-state index >= 15 is 0 Å². The maximum absolute atomic E-state index is 4.63. The summed E-state index contributed by atoms with van der Waals surface area (Å²) in [5.74, 6) is 0. The molecule has 4 heteroatoms. The van der Waals surface area contributed by atoms with Crippen LogP contribution in [0.5, 0.6) is 0 Å². The summed E-state index contributed by atoms with van der Waals surface area (Å²) in [4.78, 5) is 8.93. The van der Waals surface area contributed by atoms with E-state index < -0.39 is 0 Å². The predicted molar refractivity (Wildman–Crippen MR) is 70.3 cm³/mol. The van der Waals surface area contributed by atoms with Crippen LogP contribution in [0.3, 0.4) is 0 Å². The molecule has 0 atom stereocenters. The van der Waals surface area contributed by atoms with Gasteiger partial charge in [-0.2, -0.15) is 0 Å². The Morgan fingerprint density at radius 2 is 1.74 bits per heavy atom. The predicted octanol–water partition coefficient (Wildman–Crippen LogP) is 0.548. The van der Waals surface area contributed by atoms with Crippen molar-refractivity contribution in [1.82, 2.24) is 9.97 Å². The minimum absolute atomic E-state index is 0. The van der Waals surface area contributed by atoms with Gasteiger partial charge in [-0.1, -0.05) is 26.0 Å². The summed E-state index contributed by atoms with van der Waals surface area (Å²) >= 11 is 0. The normalized spacial score (nSPS) is 10.3. The molecule has 2 aromatic heterocycles. The van der Waals surface area contributed by atoms with E-state index in [2.05, 4.69) is 30.7 Å². The van der Waals surface area contributed by atoms with E-state index in [-0.39, 0.29) is 38.9 Å². The van der Waals surface area contributed by atoms with E-state index in [1.807, 2.05) is 36.4 Å². The molecular formula is C15H17ClN2Pt-. The molecule has 0 unspecified atom stereocenters.